The summed E-state index contributed by atoms with van der Waals surface area (Å²) in [7, 11) is 0. The first kappa shape index (κ1) is 24.7. The molecule has 0 aliphatic carbocycles. The van der Waals surface area contributed by atoms with E-state index in [0.29, 0.717) is 12.0 Å². The fourth-order valence-corrected chi connectivity index (χ4v) is 3.06. The number of hydrogen-bond acceptors (Lipinski definition) is 7. The SMILES string of the molecule is C=C(CC=CC(O)(C(=O)O)C(O)C(C)CC)CCC(=O)C1C(=O)CC(C)OC1=O. The predicted octanol–water partition coefficient (Wildman–Crippen LogP) is 1.58. The summed E-state index contributed by atoms with van der Waals surface area (Å²) in [6, 6.07) is 0. The molecule has 0 amide bonds. The molecule has 1 aliphatic heterocycles. The summed E-state index contributed by atoms with van der Waals surface area (Å²) in [6.45, 7) is 8.78. The molecule has 29 heavy (non-hydrogen) atoms. The van der Waals surface area contributed by atoms with E-state index in [0.717, 1.165) is 6.08 Å². The molecule has 0 aromatic heterocycles. The van der Waals surface area contributed by atoms with Crippen LogP contribution in [0.3, 0.4) is 0 Å². The van der Waals surface area contributed by atoms with Crippen molar-refractivity contribution in [3.8, 4) is 0 Å². The first-order valence-electron chi connectivity index (χ1n) is 9.68. The third-order valence-corrected chi connectivity index (χ3v) is 5.17. The van der Waals surface area contributed by atoms with Crippen LogP contribution in [0.4, 0.5) is 0 Å². The van der Waals surface area contributed by atoms with Crippen LogP contribution in [-0.2, 0) is 23.9 Å². The lowest BCUT2D eigenvalue weighted by atomic mass is 9.85. The zero-order chi connectivity index (χ0) is 22.4. The number of rotatable bonds is 11. The number of ether oxygens (including phenoxy) is 1. The molecular formula is C21H30O8. The van der Waals surface area contributed by atoms with E-state index in [1.807, 2.05) is 0 Å². The average molecular weight is 410 g/mol. The highest BCUT2D eigenvalue weighted by Gasteiger charge is 2.43. The second-order valence-corrected chi connectivity index (χ2v) is 7.63. The van der Waals surface area contributed by atoms with E-state index >= 15 is 0 Å². The molecule has 0 aromatic carbocycles. The number of cyclic esters (lactones) is 1. The topological polar surface area (TPSA) is 138 Å². The molecular weight excluding hydrogens is 380 g/mol. The molecule has 0 spiro atoms. The minimum absolute atomic E-state index is 0.0120. The number of carbonyl (C=O) groups is 4. The van der Waals surface area contributed by atoms with E-state index in [4.69, 9.17) is 4.74 Å². The highest BCUT2D eigenvalue weighted by atomic mass is 16.5. The van der Waals surface area contributed by atoms with E-state index < -0.39 is 53.1 Å². The largest absolute Gasteiger partial charge is 0.479 e. The van der Waals surface area contributed by atoms with E-state index in [1.165, 1.54) is 6.08 Å². The molecule has 8 nitrogen and oxygen atoms in total. The Balaban J connectivity index is 2.63. The highest BCUT2D eigenvalue weighted by Crippen LogP contribution is 2.24. The molecule has 3 N–H and O–H groups in total. The molecule has 5 unspecified atom stereocenters. The van der Waals surface area contributed by atoms with Gasteiger partial charge in [-0.3, -0.25) is 14.4 Å². The van der Waals surface area contributed by atoms with Gasteiger partial charge in [0.2, 0.25) is 5.60 Å². The predicted molar refractivity (Wildman–Crippen MR) is 104 cm³/mol. The fraction of sp³-hybridized carbons (Fsp3) is 0.619. The number of carbonyl (C=O) groups excluding carboxylic acids is 3. The van der Waals surface area contributed by atoms with Gasteiger partial charge in [-0.2, -0.15) is 0 Å². The van der Waals surface area contributed by atoms with Gasteiger partial charge in [0.05, 0.1) is 6.10 Å². The maximum absolute atomic E-state index is 12.2. The number of carboxylic acids is 1. The molecule has 1 fully saturated rings. The summed E-state index contributed by atoms with van der Waals surface area (Å²) in [6.07, 6.45) is 1.14. The van der Waals surface area contributed by atoms with Crippen LogP contribution in [0.1, 0.15) is 52.9 Å². The van der Waals surface area contributed by atoms with Crippen LogP contribution in [-0.4, -0.2) is 56.6 Å². The summed E-state index contributed by atoms with van der Waals surface area (Å²) in [5, 5.41) is 29.8. The van der Waals surface area contributed by atoms with Crippen molar-refractivity contribution < 1.29 is 39.2 Å². The maximum atomic E-state index is 12.2. The van der Waals surface area contributed by atoms with E-state index in [-0.39, 0.29) is 25.7 Å². The quantitative estimate of drug-likeness (QED) is 0.265. The number of ketones is 2. The van der Waals surface area contributed by atoms with E-state index in [2.05, 4.69) is 6.58 Å². The molecule has 8 heteroatoms. The van der Waals surface area contributed by atoms with Crippen molar-refractivity contribution in [1.29, 1.82) is 0 Å². The lowest BCUT2D eigenvalue weighted by Crippen LogP contribution is -2.50. The van der Waals surface area contributed by atoms with Crippen molar-refractivity contribution in [3.63, 3.8) is 0 Å². The van der Waals surface area contributed by atoms with E-state index in [9.17, 15) is 34.5 Å². The molecule has 0 aromatic rings. The lowest BCUT2D eigenvalue weighted by Gasteiger charge is -2.29. The van der Waals surface area contributed by atoms with Gasteiger partial charge < -0.3 is 20.1 Å². The van der Waals surface area contributed by atoms with E-state index in [1.54, 1.807) is 20.8 Å². The summed E-state index contributed by atoms with van der Waals surface area (Å²) >= 11 is 0. The summed E-state index contributed by atoms with van der Waals surface area (Å²) < 4.78 is 4.95. The van der Waals surface area contributed by atoms with Gasteiger partial charge in [0.15, 0.2) is 17.5 Å². The van der Waals surface area contributed by atoms with Gasteiger partial charge in [-0.05, 0) is 31.8 Å². The molecule has 1 rings (SSSR count). The number of esters is 1. The van der Waals surface area contributed by atoms with Crippen molar-refractivity contribution in [2.24, 2.45) is 11.8 Å². The molecule has 1 heterocycles. The molecule has 0 radical (unpaired) electrons. The van der Waals surface area contributed by atoms with Gasteiger partial charge in [0.25, 0.3) is 0 Å². The lowest BCUT2D eigenvalue weighted by molar-refractivity contribution is -0.167. The third kappa shape index (κ3) is 6.33. The van der Waals surface area contributed by atoms with Crippen molar-refractivity contribution in [2.75, 3.05) is 0 Å². The van der Waals surface area contributed by atoms with Crippen LogP contribution in [0.25, 0.3) is 0 Å². The van der Waals surface area contributed by atoms with Gasteiger partial charge >= 0.3 is 11.9 Å². The number of Topliss-reactive ketones (excluding diaryl/α,β-unsaturated/α-hetero) is 2. The first-order valence-corrected chi connectivity index (χ1v) is 9.68. The van der Waals surface area contributed by atoms with Gasteiger partial charge in [-0.25, -0.2) is 4.79 Å². The Bertz CT molecular complexity index is 677. The van der Waals surface area contributed by atoms with Gasteiger partial charge in [-0.15, -0.1) is 0 Å². The summed E-state index contributed by atoms with van der Waals surface area (Å²) in [5.74, 6) is -5.20. The molecule has 0 saturated carbocycles. The zero-order valence-corrected chi connectivity index (χ0v) is 17.1. The fourth-order valence-electron chi connectivity index (χ4n) is 3.06. The number of allylic oxidation sites excluding steroid dienone is 2. The Morgan fingerprint density at radius 2 is 1.97 bits per heavy atom. The number of aliphatic hydroxyl groups excluding tert-OH is 1. The van der Waals surface area contributed by atoms with Crippen LogP contribution in [0, 0.1) is 11.8 Å². The maximum Gasteiger partial charge on any atom is 0.342 e. The first-order chi connectivity index (χ1) is 13.4. The Labute approximate surface area is 170 Å². The minimum atomic E-state index is -2.43. The van der Waals surface area contributed by atoms with Crippen LogP contribution in [0.5, 0.6) is 0 Å². The number of aliphatic carboxylic acids is 1. The van der Waals surface area contributed by atoms with Crippen molar-refractivity contribution in [3.05, 3.63) is 24.3 Å². The third-order valence-electron chi connectivity index (χ3n) is 5.17. The standard InChI is InChI=1S/C21H30O8/c1-5-13(3)18(24)21(28,20(26)27)10-6-7-12(2)8-9-15(22)17-16(23)11-14(4)29-19(17)25/h6,10,13-14,17-18,24,28H,2,5,7-9,11H2,1,3-4H3,(H,26,27). The van der Waals surface area contributed by atoms with Gasteiger partial charge in [-0.1, -0.05) is 38.5 Å². The Morgan fingerprint density at radius 3 is 2.48 bits per heavy atom. The molecule has 0 bridgehead atoms. The normalized spacial score (nSPS) is 23.9. The van der Waals surface area contributed by atoms with Crippen molar-refractivity contribution in [1.82, 2.24) is 0 Å². The monoisotopic (exact) mass is 410 g/mol. The van der Waals surface area contributed by atoms with Crippen LogP contribution < -0.4 is 0 Å². The number of carboxylic acid groups (broad SMARTS) is 1. The Kier molecular flexibility index (Phi) is 8.91. The van der Waals surface area contributed by atoms with Crippen molar-refractivity contribution in [2.45, 2.75) is 70.7 Å². The average Bonchev–Trinajstić information content (AvgIpc) is 2.63. The zero-order valence-electron chi connectivity index (χ0n) is 17.1. The molecule has 162 valence electrons. The molecule has 1 saturated heterocycles. The van der Waals surface area contributed by atoms with Crippen LogP contribution in [0.15, 0.2) is 24.3 Å². The second kappa shape index (κ2) is 10.5. The number of aliphatic hydroxyl groups is 2. The van der Waals surface area contributed by atoms with Crippen LogP contribution in [0.2, 0.25) is 0 Å². The summed E-state index contributed by atoms with van der Waals surface area (Å²) in [4.78, 5) is 47.4. The van der Waals surface area contributed by atoms with Gasteiger partial charge in [0.1, 0.15) is 6.10 Å². The Hall–Kier alpha value is -2.32. The van der Waals surface area contributed by atoms with Gasteiger partial charge in [0, 0.05) is 12.8 Å². The smallest absolute Gasteiger partial charge is 0.342 e. The minimum Gasteiger partial charge on any atom is -0.479 e. The van der Waals surface area contributed by atoms with Crippen LogP contribution >= 0.6 is 0 Å². The Morgan fingerprint density at radius 1 is 1.34 bits per heavy atom. The summed E-state index contributed by atoms with van der Waals surface area (Å²) in [5.41, 5.74) is -1.88. The van der Waals surface area contributed by atoms with Crippen molar-refractivity contribution >= 4 is 23.5 Å². The molecule has 1 aliphatic rings. The number of hydrogen-bond donors (Lipinski definition) is 3. The highest BCUT2D eigenvalue weighted by molar-refractivity contribution is 6.18. The second-order valence-electron chi connectivity index (χ2n) is 7.63. The molecule has 5 atom stereocenters.